The Kier molecular flexibility index (Phi) is 10.2. The van der Waals surface area contributed by atoms with Gasteiger partial charge in [-0.25, -0.2) is 13.0 Å². The first-order valence-electron chi connectivity index (χ1n) is 18.0. The Morgan fingerprint density at radius 3 is 2.80 bits per heavy atom. The van der Waals surface area contributed by atoms with Crippen LogP contribution in [0.15, 0.2) is 52.9 Å². The van der Waals surface area contributed by atoms with Gasteiger partial charge in [0.15, 0.2) is 0 Å². The zero-order valence-corrected chi connectivity index (χ0v) is 30.4. The number of halogens is 3. The van der Waals surface area contributed by atoms with Gasteiger partial charge in [-0.15, -0.1) is 0 Å². The fourth-order valence-electron chi connectivity index (χ4n) is 8.89. The van der Waals surface area contributed by atoms with Crippen LogP contribution in [-0.2, 0) is 31.1 Å². The van der Waals surface area contributed by atoms with E-state index in [1.807, 2.05) is 25.1 Å². The van der Waals surface area contributed by atoms with Gasteiger partial charge in [0.2, 0.25) is 6.43 Å². The third-order valence-corrected chi connectivity index (χ3v) is 14.3. The number of hydrogen-bond donors (Lipinski definition) is 0. The molecule has 0 N–H and O–H groups in total. The number of ether oxygens (including phenoxy) is 2. The van der Waals surface area contributed by atoms with Crippen molar-refractivity contribution < 1.29 is 32.1 Å². The SMILES string of the molecule is CO[C@H]1/C=C/C[C@H](C)C[S@@](=O)(CC(=O)C[C@@H]2C[C@H]2C(F)F)=NC(=O)c2ccc3c(c2)N(C[C@@H]2CC[C@H]21)C[C@@]1(CCCc2cc(Cl)ccc21)CO3. The molecular weight excluding hydrogens is 682 g/mol. The number of hydrogen-bond acceptors (Lipinski definition) is 6. The number of methoxy groups -OCH3 is 1. The molecule has 7 nitrogen and oxygen atoms in total. The molecule has 50 heavy (non-hydrogen) atoms. The molecule has 2 heterocycles. The molecule has 0 saturated heterocycles. The van der Waals surface area contributed by atoms with Crippen molar-refractivity contribution in [2.45, 2.75) is 76.2 Å². The molecule has 5 aliphatic rings. The lowest BCUT2D eigenvalue weighted by atomic mass is 9.68. The highest BCUT2D eigenvalue weighted by atomic mass is 35.5. The zero-order valence-electron chi connectivity index (χ0n) is 28.8. The Morgan fingerprint density at radius 2 is 2.06 bits per heavy atom. The molecule has 0 unspecified atom stereocenters. The van der Waals surface area contributed by atoms with Gasteiger partial charge >= 0.3 is 0 Å². The number of amides is 1. The van der Waals surface area contributed by atoms with Crippen LogP contribution in [0.25, 0.3) is 0 Å². The van der Waals surface area contributed by atoms with E-state index in [0.717, 1.165) is 49.4 Å². The first kappa shape index (κ1) is 35.6. The van der Waals surface area contributed by atoms with Crippen LogP contribution in [0.5, 0.6) is 5.75 Å². The largest absolute Gasteiger partial charge is 0.490 e. The van der Waals surface area contributed by atoms with E-state index in [1.165, 1.54) is 11.1 Å². The highest BCUT2D eigenvalue weighted by Crippen LogP contribution is 2.48. The van der Waals surface area contributed by atoms with E-state index >= 15 is 0 Å². The maximum absolute atomic E-state index is 14.4. The number of anilines is 1. The second kappa shape index (κ2) is 14.3. The van der Waals surface area contributed by atoms with Crippen molar-refractivity contribution in [2.75, 3.05) is 43.2 Å². The van der Waals surface area contributed by atoms with Crippen LogP contribution in [-0.4, -0.2) is 66.7 Å². The van der Waals surface area contributed by atoms with Crippen molar-refractivity contribution in [3.05, 3.63) is 70.3 Å². The summed E-state index contributed by atoms with van der Waals surface area (Å²) in [5, 5.41) is 0.726. The number of carbonyl (C=O) groups is 2. The van der Waals surface area contributed by atoms with Crippen molar-refractivity contribution in [2.24, 2.45) is 34.0 Å². The van der Waals surface area contributed by atoms with Gasteiger partial charge in [0.25, 0.3) is 5.91 Å². The van der Waals surface area contributed by atoms with Gasteiger partial charge in [-0.05, 0) is 110 Å². The number of rotatable bonds is 6. The number of nitrogens with zero attached hydrogens (tertiary/aromatic N) is 2. The number of benzene rings is 2. The Morgan fingerprint density at radius 1 is 1.22 bits per heavy atom. The lowest BCUT2D eigenvalue weighted by Gasteiger charge is -2.46. The summed E-state index contributed by atoms with van der Waals surface area (Å²) in [6.45, 7) is 3.88. The van der Waals surface area contributed by atoms with Crippen molar-refractivity contribution in [1.82, 2.24) is 0 Å². The molecule has 11 heteroatoms. The van der Waals surface area contributed by atoms with Crippen molar-refractivity contribution >= 4 is 38.7 Å². The molecule has 7 rings (SSSR count). The maximum Gasteiger partial charge on any atom is 0.285 e. The number of allylic oxidation sites excluding steroid dienone is 1. The predicted octanol–water partition coefficient (Wildman–Crippen LogP) is 7.92. The summed E-state index contributed by atoms with van der Waals surface area (Å²) >= 11 is 6.44. The molecule has 2 aromatic rings. The first-order chi connectivity index (χ1) is 24.0. The monoisotopic (exact) mass is 728 g/mol. The zero-order chi connectivity index (χ0) is 35.2. The minimum Gasteiger partial charge on any atom is -0.490 e. The fraction of sp³-hybridized carbons (Fsp3) is 0.590. The molecule has 2 fully saturated rings. The molecule has 0 aromatic heterocycles. The molecule has 2 bridgehead atoms. The third kappa shape index (κ3) is 7.40. The second-order valence-electron chi connectivity index (χ2n) is 15.5. The minimum absolute atomic E-state index is 0.0492. The van der Waals surface area contributed by atoms with Crippen LogP contribution in [0, 0.1) is 29.6 Å². The molecule has 270 valence electrons. The van der Waals surface area contributed by atoms with Gasteiger partial charge < -0.3 is 14.4 Å². The van der Waals surface area contributed by atoms with Gasteiger partial charge in [-0.2, -0.15) is 4.36 Å². The maximum atomic E-state index is 14.4. The number of aryl methyl sites for hydroxylation is 1. The molecule has 2 aliphatic heterocycles. The standard InChI is InChI=1S/C39H47ClF2N2O5S/c1-24-5-3-7-35(48-2)31-11-8-27(31)19-44-22-39(14-4-6-25-15-29(40)10-12-33(25)39)23-49-36-13-9-26(18-34(36)44)38(46)43-50(47,20-24)21-30(45)16-28-17-32(28)37(41)42/h3,7,9-10,12-13,15,18,24,27-28,31-32,35,37H,4-6,8,11,14,16-17,19-23H2,1-2H3/b7-3+/t24-,27-,28+,31+,32+,35-,39-,50+/m0/s1. The van der Waals surface area contributed by atoms with E-state index in [0.29, 0.717) is 43.6 Å². The predicted molar refractivity (Wildman–Crippen MR) is 192 cm³/mol. The van der Waals surface area contributed by atoms with Crippen LogP contribution >= 0.6 is 11.6 Å². The molecule has 0 radical (unpaired) electrons. The van der Waals surface area contributed by atoms with E-state index in [-0.39, 0.29) is 41.0 Å². The van der Waals surface area contributed by atoms with Crippen molar-refractivity contribution in [3.63, 3.8) is 0 Å². The number of alkyl halides is 2. The van der Waals surface area contributed by atoms with Gasteiger partial charge in [-0.3, -0.25) is 9.59 Å². The summed E-state index contributed by atoms with van der Waals surface area (Å²) in [4.78, 5) is 29.4. The van der Waals surface area contributed by atoms with Crippen molar-refractivity contribution in [3.8, 4) is 5.75 Å². The molecule has 3 aliphatic carbocycles. The quantitative estimate of drug-likeness (QED) is 0.281. The van der Waals surface area contributed by atoms with Gasteiger partial charge in [0.1, 0.15) is 11.5 Å². The second-order valence-corrected chi connectivity index (χ2v) is 18.3. The van der Waals surface area contributed by atoms with Crippen LogP contribution in [0.4, 0.5) is 14.5 Å². The summed E-state index contributed by atoms with van der Waals surface area (Å²) in [5.41, 5.74) is 3.31. The van der Waals surface area contributed by atoms with E-state index in [9.17, 15) is 22.6 Å². The van der Waals surface area contributed by atoms with Crippen LogP contribution in [0.1, 0.15) is 73.4 Å². The average Bonchev–Trinajstić information content (AvgIpc) is 3.84. The van der Waals surface area contributed by atoms with E-state index < -0.39 is 39.7 Å². The number of fused-ring (bicyclic) bond motifs is 4. The van der Waals surface area contributed by atoms with Crippen LogP contribution in [0.2, 0.25) is 5.02 Å². The Bertz CT molecular complexity index is 1790. The van der Waals surface area contributed by atoms with Gasteiger partial charge in [0, 0.05) is 54.3 Å². The van der Waals surface area contributed by atoms with Gasteiger partial charge in [0.05, 0.1) is 33.9 Å². The van der Waals surface area contributed by atoms with Gasteiger partial charge in [-0.1, -0.05) is 36.7 Å². The summed E-state index contributed by atoms with van der Waals surface area (Å²) in [7, 11) is -1.59. The lowest BCUT2D eigenvalue weighted by Crippen LogP contribution is -2.49. The Labute approximate surface area is 299 Å². The molecular formula is C39H47ClF2N2O5S. The number of Topliss-reactive ketones (excluding diaryl/α,β-unsaturated/α-hetero) is 1. The molecule has 2 saturated carbocycles. The lowest BCUT2D eigenvalue weighted by molar-refractivity contribution is -0.117. The smallest absolute Gasteiger partial charge is 0.285 e. The van der Waals surface area contributed by atoms with Crippen molar-refractivity contribution in [1.29, 1.82) is 0 Å². The number of ketones is 1. The Balaban J connectivity index is 1.26. The topological polar surface area (TPSA) is 85.3 Å². The molecule has 8 atom stereocenters. The summed E-state index contributed by atoms with van der Waals surface area (Å²) in [5.74, 6) is -1.35. The molecule has 2 aromatic carbocycles. The fourth-order valence-corrected chi connectivity index (χ4v) is 11.4. The van der Waals surface area contributed by atoms with Crippen LogP contribution in [0.3, 0.4) is 0 Å². The molecule has 1 amide bonds. The average molecular weight is 729 g/mol. The summed E-state index contributed by atoms with van der Waals surface area (Å²) < 4.78 is 57.7. The summed E-state index contributed by atoms with van der Waals surface area (Å²) in [6.07, 6.45) is 7.48. The van der Waals surface area contributed by atoms with Crippen LogP contribution < -0.4 is 9.64 Å². The Hall–Kier alpha value is -2.82. The normalized spacial score (nSPS) is 34.4. The minimum atomic E-state index is -3.33. The number of carbonyl (C=O) groups excluding carboxylic acids is 2. The highest BCUT2D eigenvalue weighted by Gasteiger charge is 2.46. The summed E-state index contributed by atoms with van der Waals surface area (Å²) in [6, 6.07) is 11.5. The van der Waals surface area contributed by atoms with E-state index in [2.05, 4.69) is 33.5 Å². The van der Waals surface area contributed by atoms with E-state index in [4.69, 9.17) is 21.1 Å². The first-order valence-corrected chi connectivity index (χ1v) is 20.3. The molecule has 1 spiro atoms. The third-order valence-electron chi connectivity index (χ3n) is 11.7. The highest BCUT2D eigenvalue weighted by molar-refractivity contribution is 7.94. The van der Waals surface area contributed by atoms with E-state index in [1.54, 1.807) is 13.2 Å².